The van der Waals surface area contributed by atoms with E-state index in [1.165, 1.54) is 7.05 Å². The van der Waals surface area contributed by atoms with Crippen LogP contribution >= 0.6 is 0 Å². The summed E-state index contributed by atoms with van der Waals surface area (Å²) in [4.78, 5) is 49.3. The lowest BCUT2D eigenvalue weighted by Crippen LogP contribution is -2.44. The standard InChI is InChI=1S/C46H43N5O5/c1-5-56-40-22-14-13-21-39(40)51-45(54)41(44(53)49(4)46(51)55)29(2)47-28-36-32-17-9-10-19-34(32)43(52)50(26-25-30-15-7-6-8-16-30)42(36)31-23-24-38-35(27-31)33-18-11-12-20-37(33)48(38)3/h6-24,27,36,42,53H,5,25-26,28H2,1-4H3/t36-,42-/m1/s1. The first-order valence-corrected chi connectivity index (χ1v) is 18.9. The van der Waals surface area contributed by atoms with E-state index in [1.54, 1.807) is 31.2 Å². The predicted molar refractivity (Wildman–Crippen MR) is 221 cm³/mol. The van der Waals surface area contributed by atoms with Crippen molar-refractivity contribution < 1.29 is 14.6 Å². The Bertz CT molecular complexity index is 2780. The maximum absolute atomic E-state index is 14.6. The van der Waals surface area contributed by atoms with Crippen LogP contribution in [-0.2, 0) is 20.5 Å². The van der Waals surface area contributed by atoms with Crippen LogP contribution in [0.4, 0.5) is 0 Å². The van der Waals surface area contributed by atoms with E-state index in [9.17, 15) is 19.5 Å². The van der Waals surface area contributed by atoms with Crippen molar-refractivity contribution >= 4 is 33.4 Å². The first-order valence-electron chi connectivity index (χ1n) is 18.9. The topological polar surface area (TPSA) is 111 Å². The van der Waals surface area contributed by atoms with E-state index < -0.39 is 23.2 Å². The molecule has 0 saturated heterocycles. The first kappa shape index (κ1) is 36.3. The van der Waals surface area contributed by atoms with E-state index in [2.05, 4.69) is 54.1 Å². The Balaban J connectivity index is 1.28. The summed E-state index contributed by atoms with van der Waals surface area (Å²) >= 11 is 0. The van der Waals surface area contributed by atoms with Gasteiger partial charge in [0.2, 0.25) is 5.88 Å². The van der Waals surface area contributed by atoms with Crippen molar-refractivity contribution in [2.75, 3.05) is 19.7 Å². The molecule has 1 aliphatic heterocycles. The Morgan fingerprint density at radius 2 is 1.48 bits per heavy atom. The zero-order valence-electron chi connectivity index (χ0n) is 31.8. The lowest BCUT2D eigenvalue weighted by atomic mass is 9.79. The number of aromatic nitrogens is 3. The van der Waals surface area contributed by atoms with Crippen LogP contribution in [0.1, 0.15) is 58.4 Å². The van der Waals surface area contributed by atoms with Crippen molar-refractivity contribution in [3.05, 3.63) is 170 Å². The third-order valence-electron chi connectivity index (χ3n) is 11.1. The molecule has 0 radical (unpaired) electrons. The second-order valence-corrected chi connectivity index (χ2v) is 14.2. The van der Waals surface area contributed by atoms with Gasteiger partial charge in [-0.3, -0.25) is 19.1 Å². The smallest absolute Gasteiger partial charge is 0.338 e. The zero-order chi connectivity index (χ0) is 39.1. The molecule has 10 nitrogen and oxygen atoms in total. The second kappa shape index (κ2) is 14.9. The molecule has 0 spiro atoms. The van der Waals surface area contributed by atoms with Gasteiger partial charge in [-0.2, -0.15) is 0 Å². The Morgan fingerprint density at radius 3 is 2.29 bits per heavy atom. The molecular formula is C46H43N5O5. The summed E-state index contributed by atoms with van der Waals surface area (Å²) in [5.74, 6) is -0.487. The molecule has 2 atom stereocenters. The van der Waals surface area contributed by atoms with Crippen LogP contribution in [0.25, 0.3) is 27.5 Å². The highest BCUT2D eigenvalue weighted by molar-refractivity contribution is 6.08. The number of amides is 1. The molecule has 2 aromatic heterocycles. The maximum atomic E-state index is 14.6. The number of aryl methyl sites for hydroxylation is 1. The van der Waals surface area contributed by atoms with Crippen LogP contribution in [0, 0.1) is 0 Å². The molecule has 10 heteroatoms. The minimum Gasteiger partial charge on any atom is -0.494 e. The number of nitrogens with zero attached hydrogens (tertiary/aromatic N) is 5. The van der Waals surface area contributed by atoms with Gasteiger partial charge in [-0.15, -0.1) is 0 Å². The van der Waals surface area contributed by atoms with Crippen LogP contribution in [0.2, 0.25) is 0 Å². The molecule has 1 aliphatic rings. The van der Waals surface area contributed by atoms with Gasteiger partial charge in [0.1, 0.15) is 11.3 Å². The average Bonchev–Trinajstić information content (AvgIpc) is 3.51. The Morgan fingerprint density at radius 1 is 0.786 bits per heavy atom. The number of carbonyl (C=O) groups excluding carboxylic acids is 1. The predicted octanol–water partition coefficient (Wildman–Crippen LogP) is 7.32. The maximum Gasteiger partial charge on any atom is 0.338 e. The fourth-order valence-electron chi connectivity index (χ4n) is 8.26. The molecule has 282 valence electrons. The minimum atomic E-state index is -0.714. The van der Waals surface area contributed by atoms with Crippen LogP contribution in [-0.4, -0.2) is 55.0 Å². The van der Waals surface area contributed by atoms with Gasteiger partial charge in [0.05, 0.1) is 18.3 Å². The van der Waals surface area contributed by atoms with Gasteiger partial charge in [0.15, 0.2) is 0 Å². The highest BCUT2D eigenvalue weighted by Gasteiger charge is 2.40. The number of hydrogen-bond acceptors (Lipinski definition) is 6. The molecular weight excluding hydrogens is 703 g/mol. The number of para-hydroxylation sites is 3. The third-order valence-corrected chi connectivity index (χ3v) is 11.1. The monoisotopic (exact) mass is 745 g/mol. The zero-order valence-corrected chi connectivity index (χ0v) is 31.8. The molecule has 0 saturated carbocycles. The van der Waals surface area contributed by atoms with E-state index in [1.807, 2.05) is 66.4 Å². The van der Waals surface area contributed by atoms with E-state index in [4.69, 9.17) is 9.73 Å². The summed E-state index contributed by atoms with van der Waals surface area (Å²) in [5.41, 5.74) is 4.80. The summed E-state index contributed by atoms with van der Waals surface area (Å²) in [6.45, 7) is 4.49. The second-order valence-electron chi connectivity index (χ2n) is 14.2. The molecule has 5 aromatic carbocycles. The van der Waals surface area contributed by atoms with Crippen molar-refractivity contribution in [2.24, 2.45) is 19.1 Å². The number of ether oxygens (including phenoxy) is 1. The summed E-state index contributed by atoms with van der Waals surface area (Å²) in [6, 6.07) is 39.0. The highest BCUT2D eigenvalue weighted by atomic mass is 16.5. The quantitative estimate of drug-likeness (QED) is 0.148. The number of benzene rings is 5. The van der Waals surface area contributed by atoms with Gasteiger partial charge in [0, 0.05) is 66.2 Å². The lowest BCUT2D eigenvalue weighted by Gasteiger charge is -2.42. The fraction of sp³-hybridized carbons (Fsp3) is 0.217. The fourth-order valence-corrected chi connectivity index (χ4v) is 8.26. The Labute approximate surface area is 324 Å². The Kier molecular flexibility index (Phi) is 9.64. The molecule has 3 heterocycles. The van der Waals surface area contributed by atoms with Gasteiger partial charge in [0.25, 0.3) is 11.5 Å². The first-order chi connectivity index (χ1) is 27.2. The van der Waals surface area contributed by atoms with E-state index in [-0.39, 0.29) is 35.3 Å². The van der Waals surface area contributed by atoms with Gasteiger partial charge >= 0.3 is 5.69 Å². The molecule has 1 amide bonds. The number of rotatable bonds is 10. The lowest BCUT2D eigenvalue weighted by molar-refractivity contribution is 0.0614. The number of hydrogen-bond donors (Lipinski definition) is 1. The minimum absolute atomic E-state index is 0.0527. The molecule has 8 rings (SSSR count). The summed E-state index contributed by atoms with van der Waals surface area (Å²) < 4.78 is 10.0. The molecule has 0 fully saturated rings. The third kappa shape index (κ3) is 6.17. The number of carbonyl (C=O) groups is 1. The van der Waals surface area contributed by atoms with Gasteiger partial charge in [-0.1, -0.05) is 84.9 Å². The summed E-state index contributed by atoms with van der Waals surface area (Å²) in [6.07, 6.45) is 0.658. The Hall–Kier alpha value is -6.68. The van der Waals surface area contributed by atoms with Crippen molar-refractivity contribution in [1.82, 2.24) is 18.6 Å². The van der Waals surface area contributed by atoms with Crippen LogP contribution in [0.5, 0.6) is 11.6 Å². The highest BCUT2D eigenvalue weighted by Crippen LogP contribution is 2.44. The van der Waals surface area contributed by atoms with Crippen molar-refractivity contribution in [1.29, 1.82) is 0 Å². The van der Waals surface area contributed by atoms with Crippen LogP contribution in [0.15, 0.2) is 136 Å². The van der Waals surface area contributed by atoms with Crippen LogP contribution < -0.4 is 16.0 Å². The van der Waals surface area contributed by atoms with E-state index in [0.29, 0.717) is 30.9 Å². The molecule has 7 aromatic rings. The number of aromatic hydroxyl groups is 1. The van der Waals surface area contributed by atoms with Gasteiger partial charge in [-0.05, 0) is 73.4 Å². The largest absolute Gasteiger partial charge is 0.494 e. The molecule has 0 unspecified atom stereocenters. The summed E-state index contributed by atoms with van der Waals surface area (Å²) in [5, 5.41) is 13.5. The molecule has 0 bridgehead atoms. The molecule has 1 N–H and O–H groups in total. The van der Waals surface area contributed by atoms with E-state index in [0.717, 1.165) is 47.6 Å². The SMILES string of the molecule is CCOc1ccccc1-n1c(=O)c(C(C)=NC[C@@H]2c3ccccc3C(=O)N(CCc3ccccc3)[C@@H]2c2ccc3c(c2)c2ccccc2n3C)c(O)n(C)c1=O. The molecule has 0 aliphatic carbocycles. The number of fused-ring (bicyclic) bond motifs is 4. The molecule has 56 heavy (non-hydrogen) atoms. The van der Waals surface area contributed by atoms with E-state index >= 15 is 0 Å². The summed E-state index contributed by atoms with van der Waals surface area (Å²) in [7, 11) is 3.48. The normalized spacial score (nSPS) is 15.8. The van der Waals surface area contributed by atoms with Gasteiger partial charge < -0.3 is 19.3 Å². The van der Waals surface area contributed by atoms with Crippen molar-refractivity contribution in [3.63, 3.8) is 0 Å². The van der Waals surface area contributed by atoms with Crippen LogP contribution in [0.3, 0.4) is 0 Å². The van der Waals surface area contributed by atoms with Crippen molar-refractivity contribution in [3.8, 4) is 17.3 Å². The van der Waals surface area contributed by atoms with Crippen molar-refractivity contribution in [2.45, 2.75) is 32.2 Å². The average molecular weight is 746 g/mol. The number of aliphatic imine (C=N–C) groups is 1. The van der Waals surface area contributed by atoms with Gasteiger partial charge in [-0.25, -0.2) is 9.36 Å².